The highest BCUT2D eigenvalue weighted by Crippen LogP contribution is 2.20. The normalized spacial score (nSPS) is 16.1. The lowest BCUT2D eigenvalue weighted by Crippen LogP contribution is -2.43. The molecule has 1 heterocycles. The number of rotatable bonds is 6. The molecule has 2 aromatic rings. The van der Waals surface area contributed by atoms with Gasteiger partial charge in [0.05, 0.1) is 0 Å². The molecular formula is C22H26N2O2. The van der Waals surface area contributed by atoms with Gasteiger partial charge >= 0.3 is 0 Å². The second-order valence-corrected chi connectivity index (χ2v) is 6.98. The first-order valence-electron chi connectivity index (χ1n) is 9.33. The van der Waals surface area contributed by atoms with Crippen LogP contribution < -0.4 is 5.32 Å². The van der Waals surface area contributed by atoms with Crippen LogP contribution in [0, 0.1) is 5.92 Å². The van der Waals surface area contributed by atoms with Gasteiger partial charge in [-0.05, 0) is 30.4 Å². The van der Waals surface area contributed by atoms with Gasteiger partial charge in [-0.3, -0.25) is 9.59 Å². The fourth-order valence-electron chi connectivity index (χ4n) is 3.40. The number of benzene rings is 2. The monoisotopic (exact) mass is 350 g/mol. The van der Waals surface area contributed by atoms with Crippen LogP contribution in [0.15, 0.2) is 60.7 Å². The third-order valence-electron chi connectivity index (χ3n) is 4.92. The van der Waals surface area contributed by atoms with E-state index in [0.717, 1.165) is 37.1 Å². The Morgan fingerprint density at radius 1 is 0.962 bits per heavy atom. The van der Waals surface area contributed by atoms with Gasteiger partial charge in [0.2, 0.25) is 11.8 Å². The lowest BCUT2D eigenvalue weighted by Gasteiger charge is -2.25. The van der Waals surface area contributed by atoms with E-state index in [2.05, 4.69) is 5.32 Å². The van der Waals surface area contributed by atoms with Gasteiger partial charge in [-0.25, -0.2) is 0 Å². The van der Waals surface area contributed by atoms with E-state index in [9.17, 15) is 9.59 Å². The van der Waals surface area contributed by atoms with E-state index in [4.69, 9.17) is 0 Å². The minimum Gasteiger partial charge on any atom is -0.341 e. The van der Waals surface area contributed by atoms with Crippen LogP contribution in [-0.4, -0.2) is 29.8 Å². The summed E-state index contributed by atoms with van der Waals surface area (Å²) in [5, 5.41) is 3.00. The van der Waals surface area contributed by atoms with Crippen molar-refractivity contribution < 1.29 is 9.59 Å². The Morgan fingerprint density at radius 3 is 2.15 bits per heavy atom. The first-order valence-corrected chi connectivity index (χ1v) is 9.33. The van der Waals surface area contributed by atoms with Crippen LogP contribution in [0.4, 0.5) is 0 Å². The van der Waals surface area contributed by atoms with Gasteiger partial charge in [0.25, 0.3) is 0 Å². The van der Waals surface area contributed by atoms with Crippen LogP contribution in [0.5, 0.6) is 0 Å². The van der Waals surface area contributed by atoms with Crippen LogP contribution in [-0.2, 0) is 16.0 Å². The van der Waals surface area contributed by atoms with Crippen molar-refractivity contribution in [1.29, 1.82) is 0 Å². The molecule has 1 saturated heterocycles. The molecule has 4 nitrogen and oxygen atoms in total. The lowest BCUT2D eigenvalue weighted by molar-refractivity contribution is -0.136. The second kappa shape index (κ2) is 8.65. The first kappa shape index (κ1) is 18.2. The Morgan fingerprint density at radius 2 is 1.54 bits per heavy atom. The van der Waals surface area contributed by atoms with Crippen LogP contribution in [0.1, 0.15) is 36.9 Å². The summed E-state index contributed by atoms with van der Waals surface area (Å²) in [7, 11) is 0. The molecule has 1 N–H and O–H groups in total. The quantitative estimate of drug-likeness (QED) is 0.869. The Bertz CT molecular complexity index is 724. The molecule has 136 valence electrons. The zero-order chi connectivity index (χ0) is 18.4. The summed E-state index contributed by atoms with van der Waals surface area (Å²) in [5.41, 5.74) is 1.96. The SMILES string of the molecule is CC(Cc1ccccc1)C(=O)N[C@@H](C(=O)N1CCCC1)c1ccccc1. The zero-order valence-electron chi connectivity index (χ0n) is 15.2. The molecule has 2 amide bonds. The largest absolute Gasteiger partial charge is 0.341 e. The molecule has 1 fully saturated rings. The Hall–Kier alpha value is -2.62. The van der Waals surface area contributed by atoms with Gasteiger partial charge in [-0.15, -0.1) is 0 Å². The molecule has 3 rings (SSSR count). The number of nitrogens with one attached hydrogen (secondary N) is 1. The lowest BCUT2D eigenvalue weighted by atomic mass is 9.99. The number of hydrogen-bond acceptors (Lipinski definition) is 2. The number of carbonyl (C=O) groups excluding carboxylic acids is 2. The molecule has 1 aliphatic rings. The Kier molecular flexibility index (Phi) is 6.05. The summed E-state index contributed by atoms with van der Waals surface area (Å²) >= 11 is 0. The van der Waals surface area contributed by atoms with Crippen LogP contribution in [0.25, 0.3) is 0 Å². The van der Waals surface area contributed by atoms with E-state index < -0.39 is 6.04 Å². The maximum Gasteiger partial charge on any atom is 0.249 e. The summed E-state index contributed by atoms with van der Waals surface area (Å²) in [6.45, 7) is 3.46. The number of nitrogens with zero attached hydrogens (tertiary/aromatic N) is 1. The van der Waals surface area contributed by atoms with Crippen molar-refractivity contribution in [3.05, 3.63) is 71.8 Å². The molecule has 1 aliphatic heterocycles. The van der Waals surface area contributed by atoms with Crippen molar-refractivity contribution in [3.8, 4) is 0 Å². The summed E-state index contributed by atoms with van der Waals surface area (Å²) in [6, 6.07) is 18.9. The average Bonchev–Trinajstić information content (AvgIpc) is 3.21. The van der Waals surface area contributed by atoms with Gasteiger partial charge in [0, 0.05) is 19.0 Å². The molecule has 4 heteroatoms. The van der Waals surface area contributed by atoms with E-state index in [1.165, 1.54) is 0 Å². The zero-order valence-corrected chi connectivity index (χ0v) is 15.2. The molecular weight excluding hydrogens is 324 g/mol. The smallest absolute Gasteiger partial charge is 0.249 e. The van der Waals surface area contributed by atoms with E-state index >= 15 is 0 Å². The number of carbonyl (C=O) groups is 2. The first-order chi connectivity index (χ1) is 12.6. The van der Waals surface area contributed by atoms with Crippen LogP contribution in [0.2, 0.25) is 0 Å². The molecule has 1 unspecified atom stereocenters. The summed E-state index contributed by atoms with van der Waals surface area (Å²) in [4.78, 5) is 27.6. The molecule has 0 bridgehead atoms. The van der Waals surface area contributed by atoms with Crippen molar-refractivity contribution in [2.24, 2.45) is 5.92 Å². The minimum atomic E-state index is -0.611. The molecule has 2 atom stereocenters. The van der Waals surface area contributed by atoms with Crippen molar-refractivity contribution in [2.75, 3.05) is 13.1 Å². The van der Waals surface area contributed by atoms with E-state index in [0.29, 0.717) is 6.42 Å². The van der Waals surface area contributed by atoms with E-state index in [-0.39, 0.29) is 17.7 Å². The average molecular weight is 350 g/mol. The van der Waals surface area contributed by atoms with Crippen molar-refractivity contribution in [1.82, 2.24) is 10.2 Å². The predicted molar refractivity (Wildman–Crippen MR) is 102 cm³/mol. The van der Waals surface area contributed by atoms with Gasteiger partial charge in [-0.1, -0.05) is 67.6 Å². The highest BCUT2D eigenvalue weighted by atomic mass is 16.2. The third-order valence-corrected chi connectivity index (χ3v) is 4.92. The van der Waals surface area contributed by atoms with Crippen LogP contribution >= 0.6 is 0 Å². The number of likely N-dealkylation sites (tertiary alicyclic amines) is 1. The fraction of sp³-hybridized carbons (Fsp3) is 0.364. The molecule has 26 heavy (non-hydrogen) atoms. The van der Waals surface area contributed by atoms with Crippen LogP contribution in [0.3, 0.4) is 0 Å². The van der Waals surface area contributed by atoms with Gasteiger partial charge in [0.1, 0.15) is 6.04 Å². The maximum atomic E-state index is 13.0. The third kappa shape index (κ3) is 4.51. The summed E-state index contributed by atoms with van der Waals surface area (Å²) in [6.07, 6.45) is 2.73. The number of hydrogen-bond donors (Lipinski definition) is 1. The highest BCUT2D eigenvalue weighted by Gasteiger charge is 2.30. The number of amides is 2. The minimum absolute atomic E-state index is 0.00559. The van der Waals surface area contributed by atoms with Gasteiger partial charge < -0.3 is 10.2 Å². The molecule has 0 saturated carbocycles. The summed E-state index contributed by atoms with van der Waals surface area (Å²) in [5.74, 6) is -0.292. The molecule has 0 aliphatic carbocycles. The summed E-state index contributed by atoms with van der Waals surface area (Å²) < 4.78 is 0. The molecule has 0 radical (unpaired) electrons. The van der Waals surface area contributed by atoms with Gasteiger partial charge in [0.15, 0.2) is 0 Å². The Labute approximate surface area is 155 Å². The van der Waals surface area contributed by atoms with Crippen molar-refractivity contribution >= 4 is 11.8 Å². The van der Waals surface area contributed by atoms with Crippen molar-refractivity contribution in [2.45, 2.75) is 32.2 Å². The van der Waals surface area contributed by atoms with E-state index in [1.807, 2.05) is 72.5 Å². The van der Waals surface area contributed by atoms with Gasteiger partial charge in [-0.2, -0.15) is 0 Å². The Balaban J connectivity index is 1.72. The standard InChI is InChI=1S/C22H26N2O2/c1-17(16-18-10-4-2-5-11-18)21(25)23-20(19-12-6-3-7-13-19)22(26)24-14-8-9-15-24/h2-7,10-13,17,20H,8-9,14-16H2,1H3,(H,23,25)/t17?,20-/m1/s1. The maximum absolute atomic E-state index is 13.0. The predicted octanol–water partition coefficient (Wildman–Crippen LogP) is 3.35. The highest BCUT2D eigenvalue weighted by molar-refractivity contribution is 5.89. The molecule has 0 aromatic heterocycles. The van der Waals surface area contributed by atoms with Crippen molar-refractivity contribution in [3.63, 3.8) is 0 Å². The molecule has 0 spiro atoms. The second-order valence-electron chi connectivity index (χ2n) is 6.98. The fourth-order valence-corrected chi connectivity index (χ4v) is 3.40. The van der Waals surface area contributed by atoms with E-state index in [1.54, 1.807) is 0 Å². The molecule has 2 aromatic carbocycles. The topological polar surface area (TPSA) is 49.4 Å².